The minimum absolute atomic E-state index is 0.680. The first-order valence-electron chi connectivity index (χ1n) is 5.30. The summed E-state index contributed by atoms with van der Waals surface area (Å²) in [6, 6.07) is 3.67. The standard InChI is InChI=1S/C13H15NO3/c1-8-11(7-15)10-5-9(16-3)6-12(17-4)13(10)14(8)2/h5-7H,1-4H3. The largest absolute Gasteiger partial charge is 0.497 e. The molecule has 0 unspecified atom stereocenters. The van der Waals surface area contributed by atoms with Crippen LogP contribution >= 0.6 is 0 Å². The summed E-state index contributed by atoms with van der Waals surface area (Å²) in [7, 11) is 5.12. The van der Waals surface area contributed by atoms with E-state index in [4.69, 9.17) is 9.47 Å². The van der Waals surface area contributed by atoms with E-state index >= 15 is 0 Å². The number of nitrogens with zero attached hydrogens (tertiary/aromatic N) is 1. The lowest BCUT2D eigenvalue weighted by Gasteiger charge is -2.08. The summed E-state index contributed by atoms with van der Waals surface area (Å²) >= 11 is 0. The van der Waals surface area contributed by atoms with E-state index in [1.54, 1.807) is 14.2 Å². The summed E-state index contributed by atoms with van der Waals surface area (Å²) in [5, 5.41) is 0.858. The van der Waals surface area contributed by atoms with E-state index in [9.17, 15) is 4.79 Å². The van der Waals surface area contributed by atoms with Crippen molar-refractivity contribution >= 4 is 17.2 Å². The van der Waals surface area contributed by atoms with Gasteiger partial charge in [-0.15, -0.1) is 0 Å². The minimum Gasteiger partial charge on any atom is -0.497 e. The third-order valence-corrected chi connectivity index (χ3v) is 3.14. The monoisotopic (exact) mass is 233 g/mol. The van der Waals surface area contributed by atoms with Crippen LogP contribution in [-0.4, -0.2) is 25.1 Å². The number of ether oxygens (including phenoxy) is 2. The molecule has 1 heterocycles. The molecule has 0 saturated heterocycles. The molecule has 2 aromatic rings. The number of hydrogen-bond acceptors (Lipinski definition) is 3. The second-order valence-corrected chi connectivity index (χ2v) is 3.90. The molecule has 1 aromatic carbocycles. The summed E-state index contributed by atoms with van der Waals surface area (Å²) in [4.78, 5) is 11.2. The van der Waals surface area contributed by atoms with Crippen molar-refractivity contribution in [3.8, 4) is 11.5 Å². The van der Waals surface area contributed by atoms with Crippen molar-refractivity contribution in [2.45, 2.75) is 6.92 Å². The number of fused-ring (bicyclic) bond motifs is 1. The molecule has 0 aliphatic rings. The van der Waals surface area contributed by atoms with Gasteiger partial charge in [-0.25, -0.2) is 0 Å². The molecule has 90 valence electrons. The fourth-order valence-electron chi connectivity index (χ4n) is 2.10. The van der Waals surface area contributed by atoms with Crippen LogP contribution in [-0.2, 0) is 7.05 Å². The smallest absolute Gasteiger partial charge is 0.152 e. The lowest BCUT2D eigenvalue weighted by Crippen LogP contribution is -1.94. The number of aldehydes is 1. The average Bonchev–Trinajstić information content (AvgIpc) is 2.60. The third kappa shape index (κ3) is 1.56. The van der Waals surface area contributed by atoms with Crippen molar-refractivity contribution in [2.24, 2.45) is 7.05 Å². The number of benzene rings is 1. The Morgan fingerprint density at radius 3 is 2.47 bits per heavy atom. The van der Waals surface area contributed by atoms with Crippen LogP contribution in [0, 0.1) is 6.92 Å². The Morgan fingerprint density at radius 1 is 1.24 bits per heavy atom. The van der Waals surface area contributed by atoms with E-state index in [2.05, 4.69) is 0 Å². The van der Waals surface area contributed by atoms with Crippen LogP contribution in [0.2, 0.25) is 0 Å². The maximum absolute atomic E-state index is 11.2. The van der Waals surface area contributed by atoms with Gasteiger partial charge in [0.2, 0.25) is 0 Å². The normalized spacial score (nSPS) is 10.6. The number of carbonyl (C=O) groups excluding carboxylic acids is 1. The highest BCUT2D eigenvalue weighted by Gasteiger charge is 2.16. The second kappa shape index (κ2) is 4.13. The summed E-state index contributed by atoms with van der Waals surface area (Å²) in [6.07, 6.45) is 0.872. The molecular formula is C13H15NO3. The molecule has 0 N–H and O–H groups in total. The van der Waals surface area contributed by atoms with E-state index in [1.165, 1.54) is 0 Å². The van der Waals surface area contributed by atoms with Gasteiger partial charge < -0.3 is 14.0 Å². The zero-order chi connectivity index (χ0) is 12.6. The molecule has 0 spiro atoms. The molecule has 1 aromatic heterocycles. The van der Waals surface area contributed by atoms with Crippen molar-refractivity contribution in [2.75, 3.05) is 14.2 Å². The van der Waals surface area contributed by atoms with Gasteiger partial charge in [-0.05, 0) is 13.0 Å². The van der Waals surface area contributed by atoms with Gasteiger partial charge >= 0.3 is 0 Å². The first-order valence-corrected chi connectivity index (χ1v) is 5.30. The Bertz CT molecular complexity index is 584. The maximum atomic E-state index is 11.2. The maximum Gasteiger partial charge on any atom is 0.152 e. The summed E-state index contributed by atoms with van der Waals surface area (Å²) in [5.74, 6) is 1.39. The summed E-state index contributed by atoms with van der Waals surface area (Å²) < 4.78 is 12.5. The van der Waals surface area contributed by atoms with Crippen LogP contribution in [0.1, 0.15) is 16.1 Å². The van der Waals surface area contributed by atoms with Crippen LogP contribution in [0.5, 0.6) is 11.5 Å². The Labute approximate surface area is 99.7 Å². The molecule has 0 aliphatic heterocycles. The molecular weight excluding hydrogens is 218 g/mol. The molecule has 2 rings (SSSR count). The van der Waals surface area contributed by atoms with Gasteiger partial charge in [0.25, 0.3) is 0 Å². The lowest BCUT2D eigenvalue weighted by molar-refractivity contribution is 0.112. The number of hydrogen-bond donors (Lipinski definition) is 0. The zero-order valence-corrected chi connectivity index (χ0v) is 10.4. The predicted molar refractivity (Wildman–Crippen MR) is 66.1 cm³/mol. The second-order valence-electron chi connectivity index (χ2n) is 3.90. The molecule has 0 radical (unpaired) electrons. The molecule has 17 heavy (non-hydrogen) atoms. The molecule has 0 bridgehead atoms. The van der Waals surface area contributed by atoms with Crippen LogP contribution in [0.25, 0.3) is 10.9 Å². The van der Waals surface area contributed by atoms with Crippen LogP contribution in [0.15, 0.2) is 12.1 Å². The lowest BCUT2D eigenvalue weighted by atomic mass is 10.1. The predicted octanol–water partition coefficient (Wildman–Crippen LogP) is 2.32. The van der Waals surface area contributed by atoms with Gasteiger partial charge in [-0.3, -0.25) is 4.79 Å². The SMILES string of the molecule is COc1cc(OC)c2c(c1)c(C=O)c(C)n2C. The Hall–Kier alpha value is -1.97. The first-order chi connectivity index (χ1) is 8.13. The fraction of sp³-hybridized carbons (Fsp3) is 0.308. The average molecular weight is 233 g/mol. The molecule has 0 fully saturated rings. The van der Waals surface area contributed by atoms with E-state index in [0.29, 0.717) is 17.1 Å². The fourth-order valence-corrected chi connectivity index (χ4v) is 2.10. The third-order valence-electron chi connectivity index (χ3n) is 3.14. The van der Waals surface area contributed by atoms with Crippen molar-refractivity contribution in [1.29, 1.82) is 0 Å². The van der Waals surface area contributed by atoms with Crippen LogP contribution in [0.4, 0.5) is 0 Å². The molecule has 4 heteroatoms. The van der Waals surface area contributed by atoms with Crippen LogP contribution < -0.4 is 9.47 Å². The number of aryl methyl sites for hydroxylation is 1. The minimum atomic E-state index is 0.680. The summed E-state index contributed by atoms with van der Waals surface area (Å²) in [5.41, 5.74) is 2.51. The van der Waals surface area contributed by atoms with E-state index in [0.717, 1.165) is 22.9 Å². The number of aromatic nitrogens is 1. The van der Waals surface area contributed by atoms with Crippen molar-refractivity contribution in [3.05, 3.63) is 23.4 Å². The van der Waals surface area contributed by atoms with Crippen molar-refractivity contribution in [1.82, 2.24) is 4.57 Å². The van der Waals surface area contributed by atoms with Gasteiger partial charge in [0.05, 0.1) is 19.7 Å². The Morgan fingerprint density at radius 2 is 1.94 bits per heavy atom. The van der Waals surface area contributed by atoms with Gasteiger partial charge in [0.1, 0.15) is 11.5 Å². The van der Waals surface area contributed by atoms with Crippen molar-refractivity contribution in [3.63, 3.8) is 0 Å². The van der Waals surface area contributed by atoms with Gasteiger partial charge in [-0.2, -0.15) is 0 Å². The molecule has 4 nitrogen and oxygen atoms in total. The van der Waals surface area contributed by atoms with Crippen molar-refractivity contribution < 1.29 is 14.3 Å². The van der Waals surface area contributed by atoms with E-state index in [1.807, 2.05) is 30.7 Å². The molecule has 0 saturated carbocycles. The number of rotatable bonds is 3. The number of carbonyl (C=O) groups is 1. The Balaban J connectivity index is 2.93. The van der Waals surface area contributed by atoms with Gasteiger partial charge in [-0.1, -0.05) is 0 Å². The highest BCUT2D eigenvalue weighted by atomic mass is 16.5. The van der Waals surface area contributed by atoms with Crippen LogP contribution in [0.3, 0.4) is 0 Å². The Kier molecular flexibility index (Phi) is 2.79. The number of methoxy groups -OCH3 is 2. The van der Waals surface area contributed by atoms with Gasteiger partial charge in [0, 0.05) is 29.8 Å². The highest BCUT2D eigenvalue weighted by molar-refractivity contribution is 6.02. The highest BCUT2D eigenvalue weighted by Crippen LogP contribution is 2.35. The topological polar surface area (TPSA) is 40.5 Å². The van der Waals surface area contributed by atoms with E-state index in [-0.39, 0.29) is 0 Å². The molecule has 0 amide bonds. The van der Waals surface area contributed by atoms with Gasteiger partial charge in [0.15, 0.2) is 6.29 Å². The zero-order valence-electron chi connectivity index (χ0n) is 10.4. The molecule has 0 atom stereocenters. The molecule has 0 aliphatic carbocycles. The quantitative estimate of drug-likeness (QED) is 0.764. The first kappa shape index (κ1) is 11.5. The van der Waals surface area contributed by atoms with E-state index < -0.39 is 0 Å². The summed E-state index contributed by atoms with van der Waals surface area (Å²) in [6.45, 7) is 1.91.